The predicted octanol–water partition coefficient (Wildman–Crippen LogP) is 2.51. The van der Waals surface area contributed by atoms with Gasteiger partial charge in [-0.15, -0.1) is 0 Å². The zero-order chi connectivity index (χ0) is 9.97. The van der Waals surface area contributed by atoms with E-state index in [4.69, 9.17) is 12.2 Å². The second-order valence-corrected chi connectivity index (χ2v) is 3.37. The minimum Gasteiger partial charge on any atom is -0.350 e. The maximum Gasteiger partial charge on any atom is 0.129 e. The molecule has 0 aliphatic carbocycles. The van der Waals surface area contributed by atoms with Crippen LogP contribution in [-0.2, 0) is 0 Å². The van der Waals surface area contributed by atoms with Gasteiger partial charge in [-0.1, -0.05) is 12.2 Å². The number of rotatable bonds is 1. The lowest BCUT2D eigenvalue weighted by Gasteiger charge is -2.02. The average Bonchev–Trinajstić information content (AvgIpc) is 2.20. The molecular weight excluding hydrogens is 194 g/mol. The van der Waals surface area contributed by atoms with Gasteiger partial charge in [-0.3, -0.25) is 9.97 Å². The van der Waals surface area contributed by atoms with E-state index in [9.17, 15) is 0 Å². The SMILES string of the molecule is Cc1ccncc1-c1ncc[nH]c1=S. The van der Waals surface area contributed by atoms with E-state index in [1.54, 1.807) is 24.8 Å². The van der Waals surface area contributed by atoms with Crippen LogP contribution in [0.1, 0.15) is 5.56 Å². The highest BCUT2D eigenvalue weighted by atomic mass is 32.1. The van der Waals surface area contributed by atoms with Crippen molar-refractivity contribution < 1.29 is 0 Å². The molecule has 0 saturated carbocycles. The van der Waals surface area contributed by atoms with Crippen molar-refractivity contribution in [3.05, 3.63) is 41.1 Å². The van der Waals surface area contributed by atoms with Crippen molar-refractivity contribution in [2.24, 2.45) is 0 Å². The van der Waals surface area contributed by atoms with Gasteiger partial charge in [0, 0.05) is 30.4 Å². The summed E-state index contributed by atoms with van der Waals surface area (Å²) in [5.74, 6) is 0. The van der Waals surface area contributed by atoms with E-state index in [1.807, 2.05) is 13.0 Å². The van der Waals surface area contributed by atoms with Crippen LogP contribution >= 0.6 is 12.2 Å². The summed E-state index contributed by atoms with van der Waals surface area (Å²) in [5, 5.41) is 0. The quantitative estimate of drug-likeness (QED) is 0.724. The van der Waals surface area contributed by atoms with Crippen molar-refractivity contribution >= 4 is 12.2 Å². The minimum absolute atomic E-state index is 0.642. The molecule has 2 rings (SSSR count). The Morgan fingerprint density at radius 2 is 2.21 bits per heavy atom. The highest BCUT2D eigenvalue weighted by Gasteiger charge is 2.03. The van der Waals surface area contributed by atoms with Crippen molar-refractivity contribution in [2.45, 2.75) is 6.92 Å². The first-order chi connectivity index (χ1) is 6.79. The summed E-state index contributed by atoms with van der Waals surface area (Å²) in [6, 6.07) is 1.94. The third kappa shape index (κ3) is 1.56. The number of hydrogen-bond acceptors (Lipinski definition) is 3. The van der Waals surface area contributed by atoms with Crippen LogP contribution in [-0.4, -0.2) is 15.0 Å². The first-order valence-electron chi connectivity index (χ1n) is 4.24. The lowest BCUT2D eigenvalue weighted by Crippen LogP contribution is -1.90. The van der Waals surface area contributed by atoms with Gasteiger partial charge in [0.25, 0.3) is 0 Å². The lowest BCUT2D eigenvalue weighted by atomic mass is 10.1. The van der Waals surface area contributed by atoms with E-state index in [-0.39, 0.29) is 0 Å². The third-order valence-electron chi connectivity index (χ3n) is 2.00. The molecule has 0 atom stereocenters. The summed E-state index contributed by atoms with van der Waals surface area (Å²) in [5.41, 5.74) is 2.89. The Balaban J connectivity index is 2.67. The fraction of sp³-hybridized carbons (Fsp3) is 0.100. The number of H-pyrrole nitrogens is 1. The molecule has 70 valence electrons. The topological polar surface area (TPSA) is 41.6 Å². The summed E-state index contributed by atoms with van der Waals surface area (Å²) in [4.78, 5) is 11.2. The van der Waals surface area contributed by atoms with Crippen LogP contribution in [0.5, 0.6) is 0 Å². The third-order valence-corrected chi connectivity index (χ3v) is 2.31. The van der Waals surface area contributed by atoms with Crippen LogP contribution in [0.25, 0.3) is 11.3 Å². The molecule has 2 aromatic heterocycles. The Hall–Kier alpha value is -1.55. The van der Waals surface area contributed by atoms with Crippen LogP contribution in [0.2, 0.25) is 0 Å². The average molecular weight is 203 g/mol. The van der Waals surface area contributed by atoms with Crippen LogP contribution in [0, 0.1) is 11.6 Å². The second kappa shape index (κ2) is 3.67. The van der Waals surface area contributed by atoms with Crippen LogP contribution < -0.4 is 0 Å². The van der Waals surface area contributed by atoms with Gasteiger partial charge in [0.1, 0.15) is 10.3 Å². The van der Waals surface area contributed by atoms with E-state index in [0.717, 1.165) is 16.8 Å². The van der Waals surface area contributed by atoms with Crippen LogP contribution in [0.4, 0.5) is 0 Å². The number of aromatic nitrogens is 3. The van der Waals surface area contributed by atoms with Gasteiger partial charge in [-0.05, 0) is 18.6 Å². The van der Waals surface area contributed by atoms with Gasteiger partial charge in [-0.2, -0.15) is 0 Å². The Kier molecular flexibility index (Phi) is 2.37. The highest BCUT2D eigenvalue weighted by molar-refractivity contribution is 7.71. The first kappa shape index (κ1) is 9.02. The Bertz CT molecular complexity index is 504. The summed E-state index contributed by atoms with van der Waals surface area (Å²) in [6.45, 7) is 2.01. The standard InChI is InChI=1S/C10H9N3S/c1-7-2-3-11-6-8(7)9-10(14)13-5-4-12-9/h2-6H,1H3,(H,13,14). The molecule has 0 fully saturated rings. The highest BCUT2D eigenvalue weighted by Crippen LogP contribution is 2.19. The molecule has 14 heavy (non-hydrogen) atoms. The molecule has 0 aliphatic heterocycles. The molecular formula is C10H9N3S. The smallest absolute Gasteiger partial charge is 0.129 e. The Labute approximate surface area is 86.9 Å². The molecule has 0 radical (unpaired) electrons. The monoisotopic (exact) mass is 203 g/mol. The minimum atomic E-state index is 0.642. The second-order valence-electron chi connectivity index (χ2n) is 2.96. The number of aryl methyl sites for hydroxylation is 1. The molecule has 0 saturated heterocycles. The molecule has 4 heteroatoms. The summed E-state index contributed by atoms with van der Waals surface area (Å²) < 4.78 is 0.642. The molecule has 1 N–H and O–H groups in total. The molecule has 3 nitrogen and oxygen atoms in total. The predicted molar refractivity (Wildman–Crippen MR) is 57.4 cm³/mol. The van der Waals surface area contributed by atoms with E-state index in [2.05, 4.69) is 15.0 Å². The van der Waals surface area contributed by atoms with Gasteiger partial charge >= 0.3 is 0 Å². The normalized spacial score (nSPS) is 10.1. The van der Waals surface area contributed by atoms with Crippen molar-refractivity contribution in [2.75, 3.05) is 0 Å². The van der Waals surface area contributed by atoms with Gasteiger partial charge < -0.3 is 4.98 Å². The van der Waals surface area contributed by atoms with Gasteiger partial charge in [-0.25, -0.2) is 0 Å². The van der Waals surface area contributed by atoms with Gasteiger partial charge in [0.05, 0.1) is 0 Å². The van der Waals surface area contributed by atoms with Crippen molar-refractivity contribution in [1.29, 1.82) is 0 Å². The summed E-state index contributed by atoms with van der Waals surface area (Å²) in [6.07, 6.45) is 6.95. The molecule has 0 amide bonds. The molecule has 0 bridgehead atoms. The van der Waals surface area contributed by atoms with E-state index >= 15 is 0 Å². The number of nitrogens with zero attached hydrogens (tertiary/aromatic N) is 2. The Morgan fingerprint density at radius 1 is 1.36 bits per heavy atom. The summed E-state index contributed by atoms with van der Waals surface area (Å²) in [7, 11) is 0. The zero-order valence-corrected chi connectivity index (χ0v) is 8.51. The molecule has 0 aromatic carbocycles. The molecule has 2 aromatic rings. The zero-order valence-electron chi connectivity index (χ0n) is 7.69. The van der Waals surface area contributed by atoms with Crippen molar-refractivity contribution in [3.8, 4) is 11.3 Å². The molecule has 0 aliphatic rings. The maximum atomic E-state index is 5.15. The van der Waals surface area contributed by atoms with E-state index < -0.39 is 0 Å². The number of aromatic amines is 1. The fourth-order valence-electron chi connectivity index (χ4n) is 1.26. The molecule has 2 heterocycles. The summed E-state index contributed by atoms with van der Waals surface area (Å²) >= 11 is 5.15. The number of pyridine rings is 1. The van der Waals surface area contributed by atoms with Crippen molar-refractivity contribution in [1.82, 2.24) is 15.0 Å². The Morgan fingerprint density at radius 3 is 2.93 bits per heavy atom. The largest absolute Gasteiger partial charge is 0.350 e. The first-order valence-corrected chi connectivity index (χ1v) is 4.64. The van der Waals surface area contributed by atoms with E-state index in [1.165, 1.54) is 0 Å². The van der Waals surface area contributed by atoms with Crippen LogP contribution in [0.15, 0.2) is 30.9 Å². The van der Waals surface area contributed by atoms with E-state index in [0.29, 0.717) is 4.64 Å². The van der Waals surface area contributed by atoms with Crippen molar-refractivity contribution in [3.63, 3.8) is 0 Å². The maximum absolute atomic E-state index is 5.15. The van der Waals surface area contributed by atoms with Gasteiger partial charge in [0.2, 0.25) is 0 Å². The molecule has 0 unspecified atom stereocenters. The van der Waals surface area contributed by atoms with Crippen LogP contribution in [0.3, 0.4) is 0 Å². The number of nitrogens with one attached hydrogen (secondary N) is 1. The lowest BCUT2D eigenvalue weighted by molar-refractivity contribution is 1.17. The fourth-order valence-corrected chi connectivity index (χ4v) is 1.49. The molecule has 0 spiro atoms. The van der Waals surface area contributed by atoms with Gasteiger partial charge in [0.15, 0.2) is 0 Å². The number of hydrogen-bond donors (Lipinski definition) is 1.